The zero-order valence-electron chi connectivity index (χ0n) is 22.6. The number of carbonyl (C=O) groups is 1. The summed E-state index contributed by atoms with van der Waals surface area (Å²) in [6.07, 6.45) is 11.8. The van der Waals surface area contributed by atoms with Crippen LogP contribution in [0.5, 0.6) is 11.5 Å². The molecule has 2 aliphatic carbocycles. The van der Waals surface area contributed by atoms with E-state index in [2.05, 4.69) is 12.6 Å². The van der Waals surface area contributed by atoms with Crippen molar-refractivity contribution in [3.63, 3.8) is 0 Å². The zero-order chi connectivity index (χ0) is 26.9. The van der Waals surface area contributed by atoms with Crippen LogP contribution in [0.3, 0.4) is 0 Å². The second-order valence-corrected chi connectivity index (χ2v) is 10.7. The van der Waals surface area contributed by atoms with Gasteiger partial charge in [0.2, 0.25) is 0 Å². The molecule has 1 N–H and O–H groups in total. The van der Waals surface area contributed by atoms with Crippen LogP contribution in [-0.4, -0.2) is 37.5 Å². The summed E-state index contributed by atoms with van der Waals surface area (Å²) in [5.41, 5.74) is 2.57. The van der Waals surface area contributed by atoms with E-state index in [-0.39, 0.29) is 32.2 Å². The van der Waals surface area contributed by atoms with Crippen molar-refractivity contribution in [2.24, 2.45) is 11.8 Å². The summed E-state index contributed by atoms with van der Waals surface area (Å²) in [5, 5.41) is 9.15. The van der Waals surface area contributed by atoms with E-state index in [1.54, 1.807) is 31.2 Å². The fraction of sp³-hybridized carbons (Fsp3) is 0.531. The standard InChI is InChI=1S/C32H41FO5/c1-22(2)32(35)38-19-18-37-31-21-27(13-15-30(31)36-17-16-34)28-14-12-26(20-29(28)33)25-10-8-24(9-11-25)23-6-4-3-5-7-23/h12-15,20-21,23-25,34H,1,3-11,16-19H2,2H3. The molecule has 0 aromatic heterocycles. The second kappa shape index (κ2) is 13.8. The third-order valence-electron chi connectivity index (χ3n) is 8.08. The second-order valence-electron chi connectivity index (χ2n) is 10.7. The highest BCUT2D eigenvalue weighted by Crippen LogP contribution is 2.43. The van der Waals surface area contributed by atoms with Crippen molar-refractivity contribution in [1.82, 2.24) is 0 Å². The number of halogens is 1. The van der Waals surface area contributed by atoms with Gasteiger partial charge >= 0.3 is 5.97 Å². The molecule has 0 unspecified atom stereocenters. The van der Waals surface area contributed by atoms with Gasteiger partial charge in [0.1, 0.15) is 25.6 Å². The highest BCUT2D eigenvalue weighted by molar-refractivity contribution is 5.86. The summed E-state index contributed by atoms with van der Waals surface area (Å²) < 4.78 is 31.9. The van der Waals surface area contributed by atoms with E-state index in [4.69, 9.17) is 19.3 Å². The Morgan fingerprint density at radius 3 is 2.29 bits per heavy atom. The molecule has 0 saturated heterocycles. The lowest BCUT2D eigenvalue weighted by atomic mass is 9.70. The van der Waals surface area contributed by atoms with Crippen LogP contribution in [0.15, 0.2) is 48.6 Å². The summed E-state index contributed by atoms with van der Waals surface area (Å²) in [4.78, 5) is 11.6. The zero-order valence-corrected chi connectivity index (χ0v) is 22.6. The molecule has 0 radical (unpaired) electrons. The molecule has 0 bridgehead atoms. The van der Waals surface area contributed by atoms with Crippen molar-refractivity contribution in [3.8, 4) is 22.6 Å². The van der Waals surface area contributed by atoms with Gasteiger partial charge in [-0.1, -0.05) is 56.9 Å². The Balaban J connectivity index is 1.42. The van der Waals surface area contributed by atoms with Gasteiger partial charge in [0.25, 0.3) is 0 Å². The van der Waals surface area contributed by atoms with E-state index in [9.17, 15) is 4.79 Å². The summed E-state index contributed by atoms with van der Waals surface area (Å²) in [6, 6.07) is 10.8. The average Bonchev–Trinajstić information content (AvgIpc) is 2.95. The fourth-order valence-electron chi connectivity index (χ4n) is 6.02. The predicted octanol–water partition coefficient (Wildman–Crippen LogP) is 7.22. The van der Waals surface area contributed by atoms with E-state index in [0.717, 1.165) is 30.2 Å². The average molecular weight is 525 g/mol. The highest BCUT2D eigenvalue weighted by atomic mass is 19.1. The number of benzene rings is 2. The number of hydrogen-bond acceptors (Lipinski definition) is 5. The maximum absolute atomic E-state index is 15.4. The Bertz CT molecular complexity index is 1080. The Hall–Kier alpha value is -2.86. The van der Waals surface area contributed by atoms with Gasteiger partial charge in [0.05, 0.1) is 6.61 Å². The normalized spacial score (nSPS) is 20.1. The SMILES string of the molecule is C=C(C)C(=O)OCCOc1cc(-c2ccc(C3CCC(C4CCCCC4)CC3)cc2F)ccc1OCCO. The van der Waals surface area contributed by atoms with Gasteiger partial charge in [-0.3, -0.25) is 0 Å². The molecular formula is C32H41FO5. The number of esters is 1. The smallest absolute Gasteiger partial charge is 0.333 e. The Morgan fingerprint density at radius 1 is 0.895 bits per heavy atom. The number of ether oxygens (including phenoxy) is 3. The lowest BCUT2D eigenvalue weighted by Crippen LogP contribution is -2.23. The van der Waals surface area contributed by atoms with Crippen molar-refractivity contribution >= 4 is 5.97 Å². The van der Waals surface area contributed by atoms with Gasteiger partial charge in [-0.2, -0.15) is 0 Å². The van der Waals surface area contributed by atoms with Crippen molar-refractivity contribution < 1.29 is 28.5 Å². The molecule has 2 aromatic carbocycles. The summed E-state index contributed by atoms with van der Waals surface area (Å²) in [5.74, 6) is 2.28. The number of hydrogen-bond donors (Lipinski definition) is 1. The molecule has 38 heavy (non-hydrogen) atoms. The lowest BCUT2D eigenvalue weighted by Gasteiger charge is -2.36. The minimum atomic E-state index is -0.483. The minimum Gasteiger partial charge on any atom is -0.487 e. The van der Waals surface area contributed by atoms with E-state index >= 15 is 4.39 Å². The van der Waals surface area contributed by atoms with Gasteiger partial charge in [0.15, 0.2) is 11.5 Å². The molecule has 4 rings (SSSR count). The Morgan fingerprint density at radius 2 is 1.61 bits per heavy atom. The fourth-order valence-corrected chi connectivity index (χ4v) is 6.02. The van der Waals surface area contributed by atoms with Gasteiger partial charge in [-0.05, 0) is 79.7 Å². The molecule has 2 fully saturated rings. The highest BCUT2D eigenvalue weighted by Gasteiger charge is 2.29. The van der Waals surface area contributed by atoms with Crippen LogP contribution in [0.25, 0.3) is 11.1 Å². The molecule has 2 aliphatic rings. The van der Waals surface area contributed by atoms with Crippen LogP contribution >= 0.6 is 0 Å². The third-order valence-corrected chi connectivity index (χ3v) is 8.08. The van der Waals surface area contributed by atoms with E-state index in [0.29, 0.717) is 34.1 Å². The van der Waals surface area contributed by atoms with Crippen LogP contribution in [0.2, 0.25) is 0 Å². The first-order chi connectivity index (χ1) is 18.5. The predicted molar refractivity (Wildman–Crippen MR) is 147 cm³/mol. The molecule has 5 nitrogen and oxygen atoms in total. The van der Waals surface area contributed by atoms with Crippen LogP contribution in [0.4, 0.5) is 4.39 Å². The van der Waals surface area contributed by atoms with Gasteiger partial charge < -0.3 is 19.3 Å². The molecule has 206 valence electrons. The molecule has 6 heteroatoms. The van der Waals surface area contributed by atoms with Gasteiger partial charge in [0, 0.05) is 11.1 Å². The molecule has 0 heterocycles. The van der Waals surface area contributed by atoms with Crippen molar-refractivity contribution in [3.05, 3.63) is 59.9 Å². The molecule has 0 atom stereocenters. The lowest BCUT2D eigenvalue weighted by molar-refractivity contribution is -0.139. The first kappa shape index (κ1) is 28.2. The van der Waals surface area contributed by atoms with Crippen LogP contribution in [-0.2, 0) is 9.53 Å². The molecule has 0 aliphatic heterocycles. The molecule has 2 aromatic rings. The number of rotatable bonds is 11. The van der Waals surface area contributed by atoms with Crippen LogP contribution in [0, 0.1) is 17.7 Å². The maximum atomic E-state index is 15.4. The van der Waals surface area contributed by atoms with Crippen LogP contribution in [0.1, 0.15) is 76.2 Å². The molecule has 0 spiro atoms. The Labute approximate surface area is 226 Å². The Kier molecular flexibility index (Phi) is 10.2. The van der Waals surface area contributed by atoms with E-state index < -0.39 is 5.97 Å². The largest absolute Gasteiger partial charge is 0.487 e. The van der Waals surface area contributed by atoms with Crippen molar-refractivity contribution in [2.75, 3.05) is 26.4 Å². The topological polar surface area (TPSA) is 65.0 Å². The number of carbonyl (C=O) groups excluding carboxylic acids is 1. The van der Waals surface area contributed by atoms with Gasteiger partial charge in [-0.25, -0.2) is 9.18 Å². The summed E-state index contributed by atoms with van der Waals surface area (Å²) in [7, 11) is 0. The molecule has 2 saturated carbocycles. The van der Waals surface area contributed by atoms with Crippen molar-refractivity contribution in [2.45, 2.75) is 70.6 Å². The third kappa shape index (κ3) is 7.37. The summed E-state index contributed by atoms with van der Waals surface area (Å²) in [6.45, 7) is 5.24. The first-order valence-corrected chi connectivity index (χ1v) is 14.1. The quantitative estimate of drug-likeness (QED) is 0.191. The van der Waals surface area contributed by atoms with Gasteiger partial charge in [-0.15, -0.1) is 0 Å². The minimum absolute atomic E-state index is 0.0431. The van der Waals surface area contributed by atoms with E-state index in [1.165, 1.54) is 44.9 Å². The summed E-state index contributed by atoms with van der Waals surface area (Å²) >= 11 is 0. The molecule has 0 amide bonds. The van der Waals surface area contributed by atoms with Crippen molar-refractivity contribution in [1.29, 1.82) is 0 Å². The number of aliphatic hydroxyl groups is 1. The molecular weight excluding hydrogens is 483 g/mol. The van der Waals surface area contributed by atoms with Crippen LogP contribution < -0.4 is 9.47 Å². The van der Waals surface area contributed by atoms with E-state index in [1.807, 2.05) is 6.07 Å². The first-order valence-electron chi connectivity index (χ1n) is 14.1. The monoisotopic (exact) mass is 524 g/mol. The number of aliphatic hydroxyl groups excluding tert-OH is 1. The maximum Gasteiger partial charge on any atom is 0.333 e.